The second-order valence-electron chi connectivity index (χ2n) is 4.80. The van der Waals surface area contributed by atoms with Crippen LogP contribution in [0.15, 0.2) is 96.9 Å². The van der Waals surface area contributed by atoms with Crippen LogP contribution in [0.3, 0.4) is 0 Å². The molecular formula is C19H15BrOS2. The molecule has 0 radical (unpaired) electrons. The standard InChI is InChI=1S/C19H15BrOS2/c1-21-15-4-8-17(9-5-15)23-19-12-10-18(11-13-19)22-16-6-2-14(20)3-7-16/h2-13H,1H3. The van der Waals surface area contributed by atoms with E-state index in [-0.39, 0.29) is 0 Å². The van der Waals surface area contributed by atoms with Crippen LogP contribution in [0.1, 0.15) is 0 Å². The first-order chi connectivity index (χ1) is 11.2. The van der Waals surface area contributed by atoms with Gasteiger partial charge in [0.05, 0.1) is 7.11 Å². The van der Waals surface area contributed by atoms with Crippen LogP contribution in [0, 0.1) is 0 Å². The van der Waals surface area contributed by atoms with Gasteiger partial charge in [-0.15, -0.1) is 0 Å². The van der Waals surface area contributed by atoms with Crippen LogP contribution in [0.25, 0.3) is 0 Å². The lowest BCUT2D eigenvalue weighted by molar-refractivity contribution is 0.414. The highest BCUT2D eigenvalue weighted by molar-refractivity contribution is 9.10. The van der Waals surface area contributed by atoms with E-state index in [1.54, 1.807) is 30.6 Å². The lowest BCUT2D eigenvalue weighted by Crippen LogP contribution is -1.81. The van der Waals surface area contributed by atoms with Gasteiger partial charge in [0, 0.05) is 24.1 Å². The normalized spacial score (nSPS) is 10.5. The minimum absolute atomic E-state index is 0.885. The Morgan fingerprint density at radius 2 is 0.957 bits per heavy atom. The molecule has 116 valence electrons. The van der Waals surface area contributed by atoms with Gasteiger partial charge < -0.3 is 4.74 Å². The predicted octanol–water partition coefficient (Wildman–Crippen LogP) is 6.76. The summed E-state index contributed by atoms with van der Waals surface area (Å²) >= 11 is 6.98. The largest absolute Gasteiger partial charge is 0.497 e. The smallest absolute Gasteiger partial charge is 0.118 e. The van der Waals surface area contributed by atoms with Gasteiger partial charge in [-0.25, -0.2) is 0 Å². The molecule has 0 saturated heterocycles. The number of hydrogen-bond donors (Lipinski definition) is 0. The number of benzene rings is 3. The first kappa shape index (κ1) is 16.5. The molecule has 0 N–H and O–H groups in total. The zero-order chi connectivity index (χ0) is 16.1. The topological polar surface area (TPSA) is 9.23 Å². The number of hydrogen-bond acceptors (Lipinski definition) is 3. The maximum Gasteiger partial charge on any atom is 0.118 e. The lowest BCUT2D eigenvalue weighted by atomic mass is 10.3. The SMILES string of the molecule is COc1ccc(Sc2ccc(Sc3ccc(Br)cc3)cc2)cc1. The van der Waals surface area contributed by atoms with Gasteiger partial charge in [0.15, 0.2) is 0 Å². The highest BCUT2D eigenvalue weighted by Crippen LogP contribution is 2.33. The van der Waals surface area contributed by atoms with Crippen molar-refractivity contribution in [2.45, 2.75) is 19.6 Å². The molecule has 3 aromatic rings. The van der Waals surface area contributed by atoms with Crippen molar-refractivity contribution in [1.29, 1.82) is 0 Å². The van der Waals surface area contributed by atoms with Crippen molar-refractivity contribution in [1.82, 2.24) is 0 Å². The Kier molecular flexibility index (Phi) is 5.70. The Hall–Kier alpha value is -1.36. The Balaban J connectivity index is 1.65. The van der Waals surface area contributed by atoms with Crippen molar-refractivity contribution >= 4 is 39.5 Å². The molecule has 0 heterocycles. The summed E-state index contributed by atoms with van der Waals surface area (Å²) in [4.78, 5) is 4.92. The van der Waals surface area contributed by atoms with E-state index in [1.807, 2.05) is 12.1 Å². The van der Waals surface area contributed by atoms with Crippen LogP contribution in [-0.4, -0.2) is 7.11 Å². The van der Waals surface area contributed by atoms with Crippen molar-refractivity contribution < 1.29 is 4.74 Å². The van der Waals surface area contributed by atoms with Crippen molar-refractivity contribution in [3.8, 4) is 5.75 Å². The zero-order valence-electron chi connectivity index (χ0n) is 12.5. The monoisotopic (exact) mass is 402 g/mol. The van der Waals surface area contributed by atoms with Crippen molar-refractivity contribution in [3.05, 3.63) is 77.3 Å². The van der Waals surface area contributed by atoms with Crippen LogP contribution in [-0.2, 0) is 0 Å². The van der Waals surface area contributed by atoms with E-state index < -0.39 is 0 Å². The van der Waals surface area contributed by atoms with Gasteiger partial charge >= 0.3 is 0 Å². The van der Waals surface area contributed by atoms with Gasteiger partial charge in [0.1, 0.15) is 5.75 Å². The van der Waals surface area contributed by atoms with Crippen LogP contribution < -0.4 is 4.74 Å². The van der Waals surface area contributed by atoms with E-state index in [0.717, 1.165) is 10.2 Å². The number of rotatable bonds is 5. The molecule has 0 fully saturated rings. The fourth-order valence-corrected chi connectivity index (χ4v) is 3.89. The highest BCUT2D eigenvalue weighted by Gasteiger charge is 2.01. The molecule has 0 spiro atoms. The minimum Gasteiger partial charge on any atom is -0.497 e. The molecule has 0 bridgehead atoms. The molecule has 0 aliphatic heterocycles. The van der Waals surface area contributed by atoms with Crippen molar-refractivity contribution in [2.75, 3.05) is 7.11 Å². The van der Waals surface area contributed by atoms with E-state index in [9.17, 15) is 0 Å². The predicted molar refractivity (Wildman–Crippen MR) is 102 cm³/mol. The summed E-state index contributed by atoms with van der Waals surface area (Å²) in [5.74, 6) is 0.885. The number of methoxy groups -OCH3 is 1. The molecule has 3 rings (SSSR count). The first-order valence-electron chi connectivity index (χ1n) is 7.08. The van der Waals surface area contributed by atoms with Crippen molar-refractivity contribution in [3.63, 3.8) is 0 Å². The minimum atomic E-state index is 0.885. The van der Waals surface area contributed by atoms with Gasteiger partial charge in [0.2, 0.25) is 0 Å². The molecule has 0 saturated carbocycles. The number of ether oxygens (including phenoxy) is 1. The fraction of sp³-hybridized carbons (Fsp3) is 0.0526. The average Bonchev–Trinajstić information content (AvgIpc) is 2.59. The van der Waals surface area contributed by atoms with Gasteiger partial charge in [-0.3, -0.25) is 0 Å². The Labute approximate surface area is 153 Å². The Bertz CT molecular complexity index is 753. The molecule has 4 heteroatoms. The average molecular weight is 403 g/mol. The fourth-order valence-electron chi connectivity index (χ4n) is 1.99. The van der Waals surface area contributed by atoms with Crippen LogP contribution in [0.5, 0.6) is 5.75 Å². The summed E-state index contributed by atoms with van der Waals surface area (Å²) in [6.45, 7) is 0. The molecule has 0 unspecified atom stereocenters. The first-order valence-corrected chi connectivity index (χ1v) is 9.51. The molecule has 1 nitrogen and oxygen atoms in total. The van der Waals surface area contributed by atoms with E-state index in [1.165, 1.54) is 19.6 Å². The third kappa shape index (κ3) is 4.80. The molecule has 0 aliphatic carbocycles. The second kappa shape index (κ2) is 7.95. The molecular weight excluding hydrogens is 388 g/mol. The van der Waals surface area contributed by atoms with Gasteiger partial charge in [0.25, 0.3) is 0 Å². The van der Waals surface area contributed by atoms with Crippen LogP contribution in [0.4, 0.5) is 0 Å². The van der Waals surface area contributed by atoms with E-state index >= 15 is 0 Å². The Morgan fingerprint density at radius 3 is 1.35 bits per heavy atom. The van der Waals surface area contributed by atoms with Crippen LogP contribution >= 0.6 is 39.5 Å². The second-order valence-corrected chi connectivity index (χ2v) is 8.01. The molecule has 0 aliphatic rings. The molecule has 0 atom stereocenters. The van der Waals surface area contributed by atoms with E-state index in [4.69, 9.17) is 4.74 Å². The van der Waals surface area contributed by atoms with Gasteiger partial charge in [-0.05, 0) is 72.8 Å². The highest BCUT2D eigenvalue weighted by atomic mass is 79.9. The maximum atomic E-state index is 5.18. The van der Waals surface area contributed by atoms with Gasteiger partial charge in [-0.1, -0.05) is 39.5 Å². The summed E-state index contributed by atoms with van der Waals surface area (Å²) in [6.07, 6.45) is 0. The third-order valence-corrected chi connectivity index (χ3v) is 5.73. The summed E-state index contributed by atoms with van der Waals surface area (Å²) in [5.41, 5.74) is 0. The van der Waals surface area contributed by atoms with E-state index in [0.29, 0.717) is 0 Å². The quantitative estimate of drug-likeness (QED) is 0.466. The Morgan fingerprint density at radius 1 is 0.609 bits per heavy atom. The summed E-state index contributed by atoms with van der Waals surface area (Å²) in [7, 11) is 1.68. The molecule has 0 aromatic heterocycles. The van der Waals surface area contributed by atoms with Gasteiger partial charge in [-0.2, -0.15) is 0 Å². The maximum absolute atomic E-state index is 5.18. The lowest BCUT2D eigenvalue weighted by Gasteiger charge is -2.05. The molecule has 0 amide bonds. The summed E-state index contributed by atoms with van der Waals surface area (Å²) in [6, 6.07) is 25.2. The molecule has 23 heavy (non-hydrogen) atoms. The summed E-state index contributed by atoms with van der Waals surface area (Å²) < 4.78 is 6.29. The third-order valence-electron chi connectivity index (χ3n) is 3.17. The summed E-state index contributed by atoms with van der Waals surface area (Å²) in [5, 5.41) is 0. The zero-order valence-corrected chi connectivity index (χ0v) is 15.7. The molecule has 3 aromatic carbocycles. The van der Waals surface area contributed by atoms with Crippen LogP contribution in [0.2, 0.25) is 0 Å². The van der Waals surface area contributed by atoms with Crippen molar-refractivity contribution in [2.24, 2.45) is 0 Å². The van der Waals surface area contributed by atoms with E-state index in [2.05, 4.69) is 76.6 Å². The number of halogens is 1.